The van der Waals surface area contributed by atoms with Crippen molar-refractivity contribution in [3.63, 3.8) is 0 Å². The van der Waals surface area contributed by atoms with Gasteiger partial charge in [0, 0.05) is 16.7 Å². The summed E-state index contributed by atoms with van der Waals surface area (Å²) in [5.74, 6) is 0.0480. The molecule has 1 aromatic heterocycles. The molecule has 6 heteroatoms. The van der Waals surface area contributed by atoms with Crippen molar-refractivity contribution in [3.05, 3.63) is 83.2 Å². The summed E-state index contributed by atoms with van der Waals surface area (Å²) in [6.07, 6.45) is 3.15. The van der Waals surface area contributed by atoms with Crippen molar-refractivity contribution in [1.29, 1.82) is 0 Å². The maximum atomic E-state index is 12.3. The van der Waals surface area contributed by atoms with Crippen molar-refractivity contribution in [1.82, 2.24) is 4.98 Å². The third-order valence-electron chi connectivity index (χ3n) is 3.88. The molecule has 0 atom stereocenters. The van der Waals surface area contributed by atoms with Gasteiger partial charge in [0.1, 0.15) is 5.75 Å². The van der Waals surface area contributed by atoms with Crippen LogP contribution in [0.3, 0.4) is 0 Å². The normalized spacial score (nSPS) is 12.6. The van der Waals surface area contributed by atoms with E-state index in [-0.39, 0.29) is 17.1 Å². The van der Waals surface area contributed by atoms with Gasteiger partial charge < -0.3 is 10.1 Å². The molecule has 0 aliphatic rings. The van der Waals surface area contributed by atoms with Crippen LogP contribution in [0, 0.1) is 13.8 Å². The zero-order chi connectivity index (χ0) is 18.8. The number of rotatable bonds is 3. The van der Waals surface area contributed by atoms with Gasteiger partial charge in [-0.1, -0.05) is 11.6 Å². The summed E-state index contributed by atoms with van der Waals surface area (Å²) >= 11 is 7.03. The van der Waals surface area contributed by atoms with Gasteiger partial charge in [0.05, 0.1) is 9.20 Å². The fourth-order valence-electron chi connectivity index (χ4n) is 2.57. The van der Waals surface area contributed by atoms with Crippen molar-refractivity contribution < 1.29 is 9.90 Å². The number of aromatic hydroxyl groups is 1. The highest BCUT2D eigenvalue weighted by molar-refractivity contribution is 7.07. The van der Waals surface area contributed by atoms with Crippen LogP contribution in [0.2, 0.25) is 5.02 Å². The monoisotopic (exact) mass is 385 g/mol. The van der Waals surface area contributed by atoms with Crippen LogP contribution in [0.25, 0.3) is 12.2 Å². The molecular formula is C20H16ClNO3S. The van der Waals surface area contributed by atoms with E-state index >= 15 is 0 Å². The highest BCUT2D eigenvalue weighted by Gasteiger charge is 2.05. The molecule has 3 aromatic rings. The van der Waals surface area contributed by atoms with E-state index in [4.69, 9.17) is 11.6 Å². The standard InChI is InChI=1S/C20H16ClNO3S/c1-11-7-13(8-12(2)19(11)24)9-17-20(25)22-18(26-17)10-16(23)14-3-5-15(21)6-4-14/h3-10,24H,1-2H3,(H,22,25)/b17-9-,18-10-. The Bertz CT molecular complexity index is 1130. The minimum Gasteiger partial charge on any atom is -0.507 e. The molecule has 0 bridgehead atoms. The third kappa shape index (κ3) is 3.95. The molecule has 1 heterocycles. The summed E-state index contributed by atoms with van der Waals surface area (Å²) in [7, 11) is 0. The lowest BCUT2D eigenvalue weighted by Crippen LogP contribution is -2.20. The lowest BCUT2D eigenvalue weighted by Gasteiger charge is -2.04. The molecule has 0 saturated carbocycles. The lowest BCUT2D eigenvalue weighted by atomic mass is 10.1. The first-order valence-corrected chi connectivity index (χ1v) is 9.05. The number of aryl methyl sites for hydroxylation is 2. The molecule has 0 aliphatic heterocycles. The highest BCUT2D eigenvalue weighted by Crippen LogP contribution is 2.23. The quantitative estimate of drug-likeness (QED) is 0.681. The Labute approximate surface area is 158 Å². The summed E-state index contributed by atoms with van der Waals surface area (Å²) in [4.78, 5) is 27.1. The van der Waals surface area contributed by atoms with E-state index in [0.29, 0.717) is 19.8 Å². The van der Waals surface area contributed by atoms with Crippen LogP contribution in [0.15, 0.2) is 41.2 Å². The Morgan fingerprint density at radius 3 is 2.38 bits per heavy atom. The Hall–Kier alpha value is -2.63. The van der Waals surface area contributed by atoms with Gasteiger partial charge in [-0.05, 0) is 73.0 Å². The van der Waals surface area contributed by atoms with E-state index in [0.717, 1.165) is 16.7 Å². The average Bonchev–Trinajstić information content (AvgIpc) is 2.92. The number of nitrogens with one attached hydrogen (secondary N) is 1. The number of ketones is 1. The van der Waals surface area contributed by atoms with Gasteiger partial charge in [-0.2, -0.15) is 0 Å². The van der Waals surface area contributed by atoms with Gasteiger partial charge in [-0.15, -0.1) is 11.3 Å². The smallest absolute Gasteiger partial charge is 0.266 e. The van der Waals surface area contributed by atoms with Gasteiger partial charge in [0.2, 0.25) is 0 Å². The van der Waals surface area contributed by atoms with Gasteiger partial charge >= 0.3 is 0 Å². The molecule has 26 heavy (non-hydrogen) atoms. The number of Topliss-reactive ketones (excluding diaryl/α,β-unsaturated/α-hetero) is 1. The first-order chi connectivity index (χ1) is 12.3. The van der Waals surface area contributed by atoms with E-state index in [2.05, 4.69) is 4.98 Å². The summed E-state index contributed by atoms with van der Waals surface area (Å²) in [6, 6.07) is 10.2. The van der Waals surface area contributed by atoms with Gasteiger partial charge in [0.15, 0.2) is 5.78 Å². The first kappa shape index (κ1) is 18.2. The Morgan fingerprint density at radius 2 is 1.77 bits per heavy atom. The van der Waals surface area contributed by atoms with Crippen LogP contribution in [-0.2, 0) is 0 Å². The molecule has 0 spiro atoms. The van der Waals surface area contributed by atoms with E-state index in [1.807, 2.05) is 26.0 Å². The van der Waals surface area contributed by atoms with Crippen LogP contribution in [0.5, 0.6) is 5.75 Å². The third-order valence-corrected chi connectivity index (χ3v) is 5.10. The van der Waals surface area contributed by atoms with E-state index < -0.39 is 0 Å². The van der Waals surface area contributed by atoms with E-state index in [1.165, 1.54) is 17.4 Å². The maximum absolute atomic E-state index is 12.3. The summed E-state index contributed by atoms with van der Waals surface area (Å²) in [5.41, 5.74) is 2.55. The summed E-state index contributed by atoms with van der Waals surface area (Å²) in [6.45, 7) is 3.62. The number of halogens is 1. The second-order valence-corrected chi connectivity index (χ2v) is 7.47. The van der Waals surface area contributed by atoms with E-state index in [1.54, 1.807) is 30.3 Å². The van der Waals surface area contributed by atoms with Crippen molar-refractivity contribution in [2.24, 2.45) is 0 Å². The fourth-order valence-corrected chi connectivity index (χ4v) is 3.58. The fraction of sp³-hybridized carbons (Fsp3) is 0.100. The molecule has 0 radical (unpaired) electrons. The number of aromatic amines is 1. The Balaban J connectivity index is 2.00. The van der Waals surface area contributed by atoms with Crippen LogP contribution < -0.4 is 14.8 Å². The molecule has 3 rings (SSSR count). The molecule has 0 unspecified atom stereocenters. The average molecular weight is 386 g/mol. The van der Waals surface area contributed by atoms with Gasteiger partial charge in [0.25, 0.3) is 5.56 Å². The zero-order valence-corrected chi connectivity index (χ0v) is 15.7. The predicted octanol–water partition coefficient (Wildman–Crippen LogP) is 2.90. The minimum atomic E-state index is -0.256. The van der Waals surface area contributed by atoms with Crippen molar-refractivity contribution >= 4 is 40.9 Å². The second kappa shape index (κ2) is 7.32. The molecule has 2 aromatic carbocycles. The van der Waals surface area contributed by atoms with Crippen LogP contribution >= 0.6 is 22.9 Å². The summed E-state index contributed by atoms with van der Waals surface area (Å²) < 4.78 is 0.970. The number of benzene rings is 2. The molecule has 0 aliphatic carbocycles. The van der Waals surface area contributed by atoms with Gasteiger partial charge in [-0.25, -0.2) is 0 Å². The molecule has 132 valence electrons. The van der Waals surface area contributed by atoms with Crippen molar-refractivity contribution in [3.8, 4) is 5.75 Å². The van der Waals surface area contributed by atoms with Crippen LogP contribution in [-0.4, -0.2) is 15.9 Å². The second-order valence-electron chi connectivity index (χ2n) is 5.95. The van der Waals surface area contributed by atoms with Crippen LogP contribution in [0.4, 0.5) is 0 Å². The molecule has 0 fully saturated rings. The Morgan fingerprint density at radius 1 is 1.15 bits per heavy atom. The topological polar surface area (TPSA) is 70.2 Å². The lowest BCUT2D eigenvalue weighted by molar-refractivity contribution is 0.106. The van der Waals surface area contributed by atoms with E-state index in [9.17, 15) is 14.7 Å². The summed E-state index contributed by atoms with van der Waals surface area (Å²) in [5, 5.41) is 10.4. The van der Waals surface area contributed by atoms with Gasteiger partial charge in [-0.3, -0.25) is 9.59 Å². The number of phenols is 1. The number of thiazole rings is 1. The molecule has 0 saturated heterocycles. The zero-order valence-electron chi connectivity index (χ0n) is 14.2. The number of hydrogen-bond donors (Lipinski definition) is 2. The number of carbonyl (C=O) groups is 1. The van der Waals surface area contributed by atoms with Crippen LogP contribution in [0.1, 0.15) is 27.0 Å². The first-order valence-electron chi connectivity index (χ1n) is 7.86. The van der Waals surface area contributed by atoms with Crippen molar-refractivity contribution in [2.75, 3.05) is 0 Å². The molecule has 0 amide bonds. The number of carbonyl (C=O) groups excluding carboxylic acids is 1. The predicted molar refractivity (Wildman–Crippen MR) is 106 cm³/mol. The largest absolute Gasteiger partial charge is 0.507 e. The van der Waals surface area contributed by atoms with Crippen molar-refractivity contribution in [2.45, 2.75) is 13.8 Å². The maximum Gasteiger partial charge on any atom is 0.266 e. The Kier molecular flexibility index (Phi) is 5.11. The number of aromatic nitrogens is 1. The number of hydrogen-bond acceptors (Lipinski definition) is 4. The number of phenolic OH excluding ortho intramolecular Hbond substituents is 1. The minimum absolute atomic E-state index is 0.206. The molecule has 4 nitrogen and oxygen atoms in total. The molecule has 2 N–H and O–H groups in total. The highest BCUT2D eigenvalue weighted by atomic mass is 35.5. The SMILES string of the molecule is Cc1cc(/C=c2\s/c(=C\C(=O)c3ccc(Cl)cc3)[nH]c2=O)cc(C)c1O. The molecular weight excluding hydrogens is 370 g/mol. The number of H-pyrrole nitrogens is 1.